The fourth-order valence-electron chi connectivity index (χ4n) is 3.69. The van der Waals surface area contributed by atoms with E-state index in [-0.39, 0.29) is 35.3 Å². The number of hydrogen-bond acceptors (Lipinski definition) is 3. The maximum atomic E-state index is 13.1. The summed E-state index contributed by atoms with van der Waals surface area (Å²) in [6, 6.07) is 5.32. The standard InChI is InChI=1S/C17H16FNO3/c18-10-7-5-9(6-8-10)14-13-15(20)11-3-1-2-4-12(11)22-16(13)17(21)19-14/h5-8,11-12,14H,1-4H2,(H,19,21). The lowest BCUT2D eigenvalue weighted by atomic mass is 9.78. The Kier molecular flexibility index (Phi) is 3.03. The number of rotatable bonds is 1. The molecule has 2 aliphatic heterocycles. The van der Waals surface area contributed by atoms with E-state index in [1.54, 1.807) is 12.1 Å². The highest BCUT2D eigenvalue weighted by molar-refractivity contribution is 6.11. The van der Waals surface area contributed by atoms with Gasteiger partial charge in [0.15, 0.2) is 11.5 Å². The normalized spacial score (nSPS) is 30.5. The van der Waals surface area contributed by atoms with E-state index in [0.29, 0.717) is 11.1 Å². The molecule has 1 aromatic rings. The maximum absolute atomic E-state index is 13.1. The molecule has 5 heteroatoms. The van der Waals surface area contributed by atoms with Crippen LogP contribution in [0.15, 0.2) is 35.6 Å². The molecule has 3 unspecified atom stereocenters. The summed E-state index contributed by atoms with van der Waals surface area (Å²) >= 11 is 0. The van der Waals surface area contributed by atoms with Crippen LogP contribution in [0.25, 0.3) is 0 Å². The minimum absolute atomic E-state index is 0.0126. The van der Waals surface area contributed by atoms with Gasteiger partial charge in [0.2, 0.25) is 0 Å². The number of Topliss-reactive ketones (excluding diaryl/α,β-unsaturated/α-hetero) is 1. The Balaban J connectivity index is 1.74. The minimum atomic E-state index is -0.529. The molecule has 4 rings (SSSR count). The molecule has 0 spiro atoms. The summed E-state index contributed by atoms with van der Waals surface area (Å²) in [5, 5.41) is 2.79. The zero-order chi connectivity index (χ0) is 15.3. The molecular formula is C17H16FNO3. The van der Waals surface area contributed by atoms with Crippen LogP contribution < -0.4 is 5.32 Å². The molecule has 0 aromatic heterocycles. The van der Waals surface area contributed by atoms with Crippen molar-refractivity contribution in [2.24, 2.45) is 5.92 Å². The average molecular weight is 301 g/mol. The Morgan fingerprint density at radius 2 is 1.82 bits per heavy atom. The molecule has 1 amide bonds. The first-order chi connectivity index (χ1) is 10.6. The maximum Gasteiger partial charge on any atom is 0.287 e. The van der Waals surface area contributed by atoms with Gasteiger partial charge in [-0.05, 0) is 37.0 Å². The molecule has 3 atom stereocenters. The summed E-state index contributed by atoms with van der Waals surface area (Å²) in [5.41, 5.74) is 1.12. The summed E-state index contributed by atoms with van der Waals surface area (Å²) < 4.78 is 18.9. The number of nitrogens with one attached hydrogen (secondary N) is 1. The van der Waals surface area contributed by atoms with Gasteiger partial charge >= 0.3 is 0 Å². The summed E-state index contributed by atoms with van der Waals surface area (Å²) in [7, 11) is 0. The molecular weight excluding hydrogens is 285 g/mol. The Bertz CT molecular complexity index is 680. The lowest BCUT2D eigenvalue weighted by Gasteiger charge is -2.35. The van der Waals surface area contributed by atoms with Crippen LogP contribution in [-0.4, -0.2) is 17.8 Å². The molecule has 0 saturated heterocycles. The number of benzene rings is 1. The lowest BCUT2D eigenvalue weighted by Crippen LogP contribution is -2.39. The summed E-state index contributed by atoms with van der Waals surface area (Å²) in [6.07, 6.45) is 3.51. The third-order valence-corrected chi connectivity index (χ3v) is 4.79. The van der Waals surface area contributed by atoms with E-state index < -0.39 is 6.04 Å². The second kappa shape index (κ2) is 4.93. The van der Waals surface area contributed by atoms with E-state index in [4.69, 9.17) is 4.74 Å². The molecule has 2 heterocycles. The number of fused-ring (bicyclic) bond motifs is 1. The number of halogens is 1. The van der Waals surface area contributed by atoms with Crippen LogP contribution >= 0.6 is 0 Å². The molecule has 114 valence electrons. The average Bonchev–Trinajstić information content (AvgIpc) is 2.86. The lowest BCUT2D eigenvalue weighted by molar-refractivity contribution is -0.132. The van der Waals surface area contributed by atoms with E-state index in [0.717, 1.165) is 25.7 Å². The zero-order valence-electron chi connectivity index (χ0n) is 12.0. The molecule has 0 bridgehead atoms. The van der Waals surface area contributed by atoms with Gasteiger partial charge in [0.1, 0.15) is 11.9 Å². The van der Waals surface area contributed by atoms with Crippen molar-refractivity contribution in [1.29, 1.82) is 0 Å². The van der Waals surface area contributed by atoms with Gasteiger partial charge in [0.25, 0.3) is 5.91 Å². The van der Waals surface area contributed by atoms with Gasteiger partial charge in [-0.1, -0.05) is 18.6 Å². The van der Waals surface area contributed by atoms with Crippen LogP contribution in [0.2, 0.25) is 0 Å². The van der Waals surface area contributed by atoms with Crippen molar-refractivity contribution in [2.75, 3.05) is 0 Å². The molecule has 0 radical (unpaired) electrons. The van der Waals surface area contributed by atoms with Gasteiger partial charge in [-0.2, -0.15) is 0 Å². The van der Waals surface area contributed by atoms with Crippen molar-refractivity contribution in [3.05, 3.63) is 47.0 Å². The Morgan fingerprint density at radius 1 is 1.09 bits per heavy atom. The van der Waals surface area contributed by atoms with Gasteiger partial charge in [0.05, 0.1) is 17.5 Å². The van der Waals surface area contributed by atoms with Gasteiger partial charge in [-0.15, -0.1) is 0 Å². The topological polar surface area (TPSA) is 55.4 Å². The van der Waals surface area contributed by atoms with Crippen molar-refractivity contribution < 1.29 is 18.7 Å². The summed E-state index contributed by atoms with van der Waals surface area (Å²) in [4.78, 5) is 25.0. The van der Waals surface area contributed by atoms with Crippen LogP contribution in [0.4, 0.5) is 4.39 Å². The third-order valence-electron chi connectivity index (χ3n) is 4.79. The van der Waals surface area contributed by atoms with E-state index in [9.17, 15) is 14.0 Å². The highest BCUT2D eigenvalue weighted by Gasteiger charge is 2.48. The monoisotopic (exact) mass is 301 g/mol. The van der Waals surface area contributed by atoms with E-state index in [1.165, 1.54) is 12.1 Å². The van der Waals surface area contributed by atoms with Crippen molar-refractivity contribution >= 4 is 11.7 Å². The van der Waals surface area contributed by atoms with Gasteiger partial charge in [-0.25, -0.2) is 4.39 Å². The largest absolute Gasteiger partial charge is 0.483 e. The highest BCUT2D eigenvalue weighted by Crippen LogP contribution is 2.42. The summed E-state index contributed by atoms with van der Waals surface area (Å²) in [6.45, 7) is 0. The quantitative estimate of drug-likeness (QED) is 0.866. The van der Waals surface area contributed by atoms with Crippen LogP contribution in [-0.2, 0) is 14.3 Å². The van der Waals surface area contributed by atoms with Crippen molar-refractivity contribution in [2.45, 2.75) is 37.8 Å². The Hall–Kier alpha value is -2.17. The third kappa shape index (κ3) is 1.95. The summed E-state index contributed by atoms with van der Waals surface area (Å²) in [5.74, 6) is -0.660. The Morgan fingerprint density at radius 3 is 2.59 bits per heavy atom. The molecule has 22 heavy (non-hydrogen) atoms. The highest BCUT2D eigenvalue weighted by atomic mass is 19.1. The molecule has 1 saturated carbocycles. The van der Waals surface area contributed by atoms with Gasteiger partial charge in [0, 0.05) is 0 Å². The molecule has 4 nitrogen and oxygen atoms in total. The van der Waals surface area contributed by atoms with Crippen LogP contribution in [0.5, 0.6) is 0 Å². The van der Waals surface area contributed by atoms with Crippen molar-refractivity contribution in [3.63, 3.8) is 0 Å². The van der Waals surface area contributed by atoms with Gasteiger partial charge in [-0.3, -0.25) is 9.59 Å². The number of amides is 1. The zero-order valence-corrected chi connectivity index (χ0v) is 12.0. The minimum Gasteiger partial charge on any atom is -0.483 e. The van der Waals surface area contributed by atoms with Crippen molar-refractivity contribution in [3.8, 4) is 0 Å². The predicted octanol–water partition coefficient (Wildman–Crippen LogP) is 2.41. The molecule has 1 N–H and O–H groups in total. The molecule has 3 aliphatic rings. The van der Waals surface area contributed by atoms with E-state index in [1.807, 2.05) is 0 Å². The molecule has 1 fully saturated rings. The number of hydrogen-bond donors (Lipinski definition) is 1. The first-order valence-electron chi connectivity index (χ1n) is 7.66. The van der Waals surface area contributed by atoms with Crippen LogP contribution in [0.1, 0.15) is 37.3 Å². The van der Waals surface area contributed by atoms with Gasteiger partial charge < -0.3 is 10.1 Å². The predicted molar refractivity (Wildman–Crippen MR) is 76.1 cm³/mol. The van der Waals surface area contributed by atoms with Crippen LogP contribution in [0.3, 0.4) is 0 Å². The number of ether oxygens (including phenoxy) is 1. The number of ketones is 1. The fraction of sp³-hybridized carbons (Fsp3) is 0.412. The van der Waals surface area contributed by atoms with Crippen LogP contribution in [0, 0.1) is 11.7 Å². The smallest absolute Gasteiger partial charge is 0.287 e. The number of carbonyl (C=O) groups is 2. The second-order valence-electron chi connectivity index (χ2n) is 6.11. The fourth-order valence-corrected chi connectivity index (χ4v) is 3.69. The second-order valence-corrected chi connectivity index (χ2v) is 6.11. The van der Waals surface area contributed by atoms with Crippen molar-refractivity contribution in [1.82, 2.24) is 5.32 Å². The molecule has 1 aliphatic carbocycles. The SMILES string of the molecule is O=C1NC(c2ccc(F)cc2)C2=C1OC1CCCCC1C2=O. The number of carbonyl (C=O) groups excluding carboxylic acids is 2. The van der Waals surface area contributed by atoms with E-state index >= 15 is 0 Å². The first kappa shape index (κ1) is 13.5. The Labute approximate surface area is 127 Å². The molecule has 1 aromatic carbocycles. The van der Waals surface area contributed by atoms with E-state index in [2.05, 4.69) is 5.32 Å². The first-order valence-corrected chi connectivity index (χ1v) is 7.66.